The van der Waals surface area contributed by atoms with Gasteiger partial charge in [-0.15, -0.1) is 23.2 Å². The fourth-order valence-corrected chi connectivity index (χ4v) is 5.14. The van der Waals surface area contributed by atoms with Crippen LogP contribution < -0.4 is 0 Å². The van der Waals surface area contributed by atoms with Crippen LogP contribution in [-0.4, -0.2) is 48.8 Å². The third-order valence-electron chi connectivity index (χ3n) is 3.26. The van der Waals surface area contributed by atoms with Gasteiger partial charge < -0.3 is 19.7 Å². The zero-order chi connectivity index (χ0) is 16.4. The topological polar surface area (TPSA) is 93.1 Å². The van der Waals surface area contributed by atoms with E-state index in [2.05, 4.69) is 9.47 Å². The van der Waals surface area contributed by atoms with Crippen molar-refractivity contribution in [3.8, 4) is 0 Å². The Labute approximate surface area is 147 Å². The van der Waals surface area contributed by atoms with Crippen molar-refractivity contribution in [3.05, 3.63) is 10.1 Å². The van der Waals surface area contributed by atoms with E-state index in [0.717, 1.165) is 0 Å². The van der Waals surface area contributed by atoms with Crippen molar-refractivity contribution in [2.45, 2.75) is 26.3 Å². The number of hydrogen-bond donors (Lipinski definition) is 2. The van der Waals surface area contributed by atoms with E-state index < -0.39 is 38.6 Å². The van der Waals surface area contributed by atoms with Gasteiger partial charge in [0, 0.05) is 0 Å². The lowest BCUT2D eigenvalue weighted by molar-refractivity contribution is -0.0386. The molecule has 12 heteroatoms. The number of alkyl halides is 4. The number of carbonyl (C=O) groups is 2. The fourth-order valence-electron chi connectivity index (χ4n) is 2.39. The van der Waals surface area contributed by atoms with Gasteiger partial charge in [-0.2, -0.15) is 0 Å². The Morgan fingerprint density at radius 3 is 1.38 bits per heavy atom. The van der Waals surface area contributed by atoms with E-state index in [1.807, 2.05) is 0 Å². The molecule has 0 spiro atoms. The highest BCUT2D eigenvalue weighted by Gasteiger charge is 2.85. The molecule has 0 saturated heterocycles. The van der Waals surface area contributed by atoms with Crippen molar-refractivity contribution in [1.82, 2.24) is 0 Å². The molecule has 1 saturated carbocycles. The molecule has 4 unspecified atom stereocenters. The molecule has 0 aromatic heterocycles. The number of rotatable bonds is 2. The highest BCUT2D eigenvalue weighted by Crippen LogP contribution is 2.73. The highest BCUT2D eigenvalue weighted by atomic mass is 35.5. The van der Waals surface area contributed by atoms with Crippen molar-refractivity contribution < 1.29 is 29.3 Å². The third-order valence-corrected chi connectivity index (χ3v) is 7.48. The number of carboxylic acid groups (broad SMARTS) is 2. The minimum Gasteiger partial charge on any atom is -0.450 e. The molecule has 0 aliphatic heterocycles. The molecule has 1 fully saturated rings. The Morgan fingerprint density at radius 1 is 0.857 bits per heavy atom. The van der Waals surface area contributed by atoms with Crippen molar-refractivity contribution in [2.24, 2.45) is 0 Å². The summed E-state index contributed by atoms with van der Waals surface area (Å²) < 4.78 is 6.91. The van der Waals surface area contributed by atoms with Crippen LogP contribution in [0.25, 0.3) is 0 Å². The molecule has 21 heavy (non-hydrogen) atoms. The molecule has 2 N–H and O–H groups in total. The minimum atomic E-state index is -2.18. The van der Waals surface area contributed by atoms with Crippen molar-refractivity contribution >= 4 is 81.9 Å². The van der Waals surface area contributed by atoms with Crippen LogP contribution in [0.3, 0.4) is 0 Å². The number of fused-ring (bicyclic) bond motifs is 2. The predicted molar refractivity (Wildman–Crippen MR) is 76.1 cm³/mol. The van der Waals surface area contributed by atoms with E-state index in [9.17, 15) is 9.59 Å². The molecule has 0 aromatic rings. The van der Waals surface area contributed by atoms with Crippen LogP contribution >= 0.6 is 69.6 Å². The second-order valence-electron chi connectivity index (χ2n) is 4.23. The molecule has 2 aliphatic carbocycles. The third kappa shape index (κ3) is 1.93. The first-order valence-electron chi connectivity index (χ1n) is 5.03. The summed E-state index contributed by atoms with van der Waals surface area (Å²) in [4.78, 5) is 17.4. The average Bonchev–Trinajstić information content (AvgIpc) is 2.53. The van der Waals surface area contributed by atoms with Crippen LogP contribution in [-0.2, 0) is 9.47 Å². The molecule has 2 bridgehead atoms. The van der Waals surface area contributed by atoms with Gasteiger partial charge in [-0.3, -0.25) is 0 Å². The smallest absolute Gasteiger partial charge is 0.450 e. The van der Waals surface area contributed by atoms with Gasteiger partial charge in [0.15, 0.2) is 26.3 Å². The maximum Gasteiger partial charge on any atom is 0.506 e. The Kier molecular flexibility index (Phi) is 4.15. The zero-order valence-electron chi connectivity index (χ0n) is 9.45. The van der Waals surface area contributed by atoms with Gasteiger partial charge in [0.05, 0.1) is 10.1 Å². The second kappa shape index (κ2) is 5.01. The van der Waals surface area contributed by atoms with Gasteiger partial charge in [-0.25, -0.2) is 9.59 Å². The average molecular weight is 421 g/mol. The van der Waals surface area contributed by atoms with Crippen LogP contribution in [0.5, 0.6) is 0 Å². The van der Waals surface area contributed by atoms with Crippen molar-refractivity contribution in [1.29, 1.82) is 0 Å². The molecule has 2 aliphatic rings. The summed E-state index contributed by atoms with van der Waals surface area (Å²) in [7, 11) is 0. The summed E-state index contributed by atoms with van der Waals surface area (Å²) in [5.41, 5.74) is 0. The lowest BCUT2D eigenvalue weighted by Gasteiger charge is -2.33. The first kappa shape index (κ1) is 17.4. The van der Waals surface area contributed by atoms with E-state index in [1.54, 1.807) is 0 Å². The Bertz CT molecular complexity index is 517. The normalized spacial score (nSPS) is 40.3. The molecular weight excluding hydrogens is 417 g/mol. The van der Waals surface area contributed by atoms with Gasteiger partial charge in [0.25, 0.3) is 0 Å². The van der Waals surface area contributed by atoms with Crippen LogP contribution in [0, 0.1) is 0 Å². The molecule has 0 radical (unpaired) electrons. The largest absolute Gasteiger partial charge is 0.506 e. The minimum absolute atomic E-state index is 0.345. The quantitative estimate of drug-likeness (QED) is 0.519. The first-order valence-corrected chi connectivity index (χ1v) is 7.30. The Morgan fingerprint density at radius 2 is 1.14 bits per heavy atom. The standard InChI is InChI=1S/C9H4Cl6O6/c10-1-2(11)8(13)4(21-6(18)19)3(20-5(16)17)7(1,12)9(8,14)15/h3-4H,(H,16,17)(H,18,19). The van der Waals surface area contributed by atoms with Gasteiger partial charge in [0.1, 0.15) is 0 Å². The molecule has 0 heterocycles. The Hall–Kier alpha value is 0.0200. The molecule has 6 nitrogen and oxygen atoms in total. The SMILES string of the molecule is O=C(O)OC1C(OC(=O)O)C2(Cl)C(Cl)=C(Cl)C1(Cl)C2(Cl)Cl. The van der Waals surface area contributed by atoms with E-state index in [-0.39, 0.29) is 10.1 Å². The maximum absolute atomic E-state index is 10.8. The zero-order valence-corrected chi connectivity index (χ0v) is 14.0. The van der Waals surface area contributed by atoms with E-state index in [0.29, 0.717) is 0 Å². The summed E-state index contributed by atoms with van der Waals surface area (Å²) in [6.07, 6.45) is -6.96. The summed E-state index contributed by atoms with van der Waals surface area (Å²) in [6, 6.07) is 0. The lowest BCUT2D eigenvalue weighted by Crippen LogP contribution is -2.49. The van der Waals surface area contributed by atoms with E-state index >= 15 is 0 Å². The van der Waals surface area contributed by atoms with Gasteiger partial charge in [-0.1, -0.05) is 46.4 Å². The van der Waals surface area contributed by atoms with Crippen molar-refractivity contribution in [2.75, 3.05) is 0 Å². The molecular formula is C9H4Cl6O6. The summed E-state index contributed by atoms with van der Waals surface area (Å²) in [5.74, 6) is 0. The fraction of sp³-hybridized carbons (Fsp3) is 0.556. The van der Waals surface area contributed by atoms with Crippen LogP contribution in [0.2, 0.25) is 0 Å². The van der Waals surface area contributed by atoms with E-state index in [1.165, 1.54) is 0 Å². The van der Waals surface area contributed by atoms with Gasteiger partial charge in [-0.05, 0) is 0 Å². The van der Waals surface area contributed by atoms with Gasteiger partial charge in [0.2, 0.25) is 0 Å². The maximum atomic E-state index is 10.8. The highest BCUT2D eigenvalue weighted by molar-refractivity contribution is 6.66. The summed E-state index contributed by atoms with van der Waals surface area (Å²) >= 11 is 36.5. The Balaban J connectivity index is 2.66. The number of halogens is 6. The summed E-state index contributed by atoms with van der Waals surface area (Å²) in [5, 5.41) is 16.8. The molecule has 4 atom stereocenters. The monoisotopic (exact) mass is 418 g/mol. The van der Waals surface area contributed by atoms with Crippen LogP contribution in [0.4, 0.5) is 9.59 Å². The molecule has 0 amide bonds. The number of hydrogen-bond acceptors (Lipinski definition) is 4. The van der Waals surface area contributed by atoms with Crippen LogP contribution in [0.1, 0.15) is 0 Å². The van der Waals surface area contributed by atoms with Gasteiger partial charge >= 0.3 is 12.3 Å². The lowest BCUT2D eigenvalue weighted by atomic mass is 9.99. The second-order valence-corrected chi connectivity index (χ2v) is 7.51. The van der Waals surface area contributed by atoms with E-state index in [4.69, 9.17) is 79.8 Å². The molecule has 0 aromatic carbocycles. The molecule has 2 rings (SSSR count). The predicted octanol–water partition coefficient (Wildman–Crippen LogP) is 3.96. The number of ether oxygens (including phenoxy) is 2. The van der Waals surface area contributed by atoms with Crippen molar-refractivity contribution in [3.63, 3.8) is 0 Å². The first-order chi connectivity index (χ1) is 9.42. The summed E-state index contributed by atoms with van der Waals surface area (Å²) in [6.45, 7) is 0. The molecule has 118 valence electrons. The van der Waals surface area contributed by atoms with Crippen LogP contribution in [0.15, 0.2) is 10.1 Å².